The maximum Gasteiger partial charge on any atom is 0.161 e. The van der Waals surface area contributed by atoms with Crippen molar-refractivity contribution in [3.63, 3.8) is 0 Å². The molecular formula is C66H118O11. The summed E-state index contributed by atoms with van der Waals surface area (Å²) in [6, 6.07) is 0. The molecule has 14 bridgehead atoms. The summed E-state index contributed by atoms with van der Waals surface area (Å²) in [5.74, 6) is 4.49. The van der Waals surface area contributed by atoms with Crippen LogP contribution in [0.4, 0.5) is 0 Å². The molecule has 21 aliphatic rings. The van der Waals surface area contributed by atoms with Crippen molar-refractivity contribution < 1.29 is 52.1 Å². The molecular weight excluding hydrogens is 969 g/mol. The molecule has 77 heavy (non-hydrogen) atoms. The molecule has 448 valence electrons. The molecule has 3 aliphatic carbocycles. The van der Waals surface area contributed by atoms with Crippen LogP contribution in [0.15, 0.2) is 0 Å². The minimum Gasteiger partial charge on any atom is -0.372 e. The predicted octanol–water partition coefficient (Wildman–Crippen LogP) is 14.5. The first-order valence-electron chi connectivity index (χ1n) is 32.9. The predicted molar refractivity (Wildman–Crippen MR) is 305 cm³/mol. The van der Waals surface area contributed by atoms with Gasteiger partial charge in [0.1, 0.15) is 0 Å². The molecule has 0 amide bonds. The van der Waals surface area contributed by atoms with Gasteiger partial charge in [-0.05, 0) is 122 Å². The van der Waals surface area contributed by atoms with Crippen molar-refractivity contribution in [3.05, 3.63) is 0 Å². The minimum atomic E-state index is -0.348. The molecule has 35 atom stereocenters. The van der Waals surface area contributed by atoms with Gasteiger partial charge in [-0.25, -0.2) is 0 Å². The van der Waals surface area contributed by atoms with E-state index >= 15 is 0 Å². The maximum atomic E-state index is 7.44. The molecule has 18 aliphatic heterocycles. The SMILES string of the molecule is CC[C@H]1CC2O[C@H]3[C@H](C)[C@@H](C)C(OC4[C@@H](CC)CC(O[C@H]5[C@H](C)[C@@H](C)C(OC6[C@@H](CC)CC(O[C@H]7[C@H](C)[C@@H](C)C(O[C@H]8[C@H](C)[C@@H](C)C(OC1[C@H](C)[C@H]2C)O[C@@H]8CC)O[C@@H]7CC)[C@H](C)[C@H]6C)O[C@@H]5CC)[C@H](C)[C@H]4C)O[C@@H]3CC. The van der Waals surface area contributed by atoms with Crippen LogP contribution in [-0.4, -0.2) is 111 Å². The van der Waals surface area contributed by atoms with E-state index in [1.807, 2.05) is 0 Å². The summed E-state index contributed by atoms with van der Waals surface area (Å²) < 4.78 is 80.1. The van der Waals surface area contributed by atoms with Crippen molar-refractivity contribution in [2.75, 3.05) is 0 Å². The first kappa shape index (κ1) is 62.6. The van der Waals surface area contributed by atoms with E-state index < -0.39 is 0 Å². The number of hydrogen-bond acceptors (Lipinski definition) is 11. The highest BCUT2D eigenvalue weighted by atomic mass is 16.7. The summed E-state index contributed by atoms with van der Waals surface area (Å²) in [7, 11) is 0. The van der Waals surface area contributed by atoms with E-state index in [-0.39, 0.29) is 164 Å². The highest BCUT2D eigenvalue weighted by Gasteiger charge is 2.55. The minimum absolute atomic E-state index is 0.00746. The van der Waals surface area contributed by atoms with Gasteiger partial charge in [0.25, 0.3) is 0 Å². The lowest BCUT2D eigenvalue weighted by molar-refractivity contribution is -0.344. The van der Waals surface area contributed by atoms with Gasteiger partial charge >= 0.3 is 0 Å². The Hall–Kier alpha value is -0.440. The van der Waals surface area contributed by atoms with Crippen molar-refractivity contribution >= 4 is 0 Å². The van der Waals surface area contributed by atoms with E-state index in [1.54, 1.807) is 0 Å². The quantitative estimate of drug-likeness (QED) is 0.244. The fourth-order valence-corrected chi connectivity index (χ4v) is 16.6. The van der Waals surface area contributed by atoms with Crippen LogP contribution in [0.3, 0.4) is 0 Å². The van der Waals surface area contributed by atoms with Crippen LogP contribution in [0.2, 0.25) is 0 Å². The summed E-state index contributed by atoms with van der Waals surface area (Å²) in [4.78, 5) is 0. The average Bonchev–Trinajstić information content (AvgIpc) is 3.45. The van der Waals surface area contributed by atoms with E-state index in [0.29, 0.717) is 47.3 Å². The van der Waals surface area contributed by atoms with E-state index in [4.69, 9.17) is 52.1 Å². The molecule has 0 aromatic heterocycles. The Balaban J connectivity index is 1.08. The molecule has 0 radical (unpaired) electrons. The lowest BCUT2D eigenvalue weighted by Gasteiger charge is -2.53. The van der Waals surface area contributed by atoms with Crippen molar-refractivity contribution in [2.45, 2.75) is 320 Å². The second-order valence-corrected chi connectivity index (χ2v) is 27.9. The molecule has 11 nitrogen and oxygen atoms in total. The van der Waals surface area contributed by atoms with Gasteiger partial charge in [-0.15, -0.1) is 0 Å². The number of hydrogen-bond donors (Lipinski definition) is 0. The number of rotatable bonds is 7. The van der Waals surface area contributed by atoms with Gasteiger partial charge < -0.3 is 52.1 Å². The number of ether oxygens (including phenoxy) is 11. The molecule has 21 fully saturated rings. The Bertz CT molecular complexity index is 1440. The normalized spacial score (nSPS) is 55.4. The molecule has 10 unspecified atom stereocenters. The van der Waals surface area contributed by atoms with Crippen LogP contribution in [0.5, 0.6) is 0 Å². The van der Waals surface area contributed by atoms with Gasteiger partial charge in [0, 0.05) is 23.7 Å². The third kappa shape index (κ3) is 12.4. The highest BCUT2D eigenvalue weighted by molar-refractivity contribution is 5.00. The fraction of sp³-hybridized carbons (Fsp3) is 1.00. The monoisotopic (exact) mass is 1090 g/mol. The second-order valence-electron chi connectivity index (χ2n) is 27.9. The maximum absolute atomic E-state index is 7.44. The molecule has 0 N–H and O–H groups in total. The first-order valence-corrected chi connectivity index (χ1v) is 32.9. The zero-order valence-electron chi connectivity index (χ0n) is 52.8. The lowest BCUT2D eigenvalue weighted by Crippen LogP contribution is -2.59. The Kier molecular flexibility index (Phi) is 21.7. The van der Waals surface area contributed by atoms with Gasteiger partial charge in [-0.2, -0.15) is 0 Å². The Morgan fingerprint density at radius 3 is 0.610 bits per heavy atom. The highest BCUT2D eigenvalue weighted by Crippen LogP contribution is 2.50. The molecule has 0 aromatic rings. The van der Waals surface area contributed by atoms with Crippen molar-refractivity contribution in [2.24, 2.45) is 101 Å². The smallest absolute Gasteiger partial charge is 0.161 e. The lowest BCUT2D eigenvalue weighted by atomic mass is 9.70. The zero-order valence-corrected chi connectivity index (χ0v) is 52.8. The largest absolute Gasteiger partial charge is 0.372 e. The molecule has 0 spiro atoms. The Labute approximate surface area is 471 Å². The van der Waals surface area contributed by atoms with E-state index in [9.17, 15) is 0 Å². The van der Waals surface area contributed by atoms with Gasteiger partial charge in [0.05, 0.1) is 85.5 Å². The Morgan fingerprint density at radius 2 is 0.403 bits per heavy atom. The molecule has 18 saturated heterocycles. The van der Waals surface area contributed by atoms with Crippen molar-refractivity contribution in [1.29, 1.82) is 0 Å². The summed E-state index contributed by atoms with van der Waals surface area (Å²) in [5, 5.41) is 0. The van der Waals surface area contributed by atoms with Gasteiger partial charge in [-0.1, -0.05) is 165 Å². The molecule has 11 heteroatoms. The van der Waals surface area contributed by atoms with Crippen LogP contribution in [0.1, 0.15) is 210 Å². The second kappa shape index (κ2) is 26.6. The topological polar surface area (TPSA) is 102 Å². The third-order valence-electron chi connectivity index (χ3n) is 24.0. The van der Waals surface area contributed by atoms with Crippen molar-refractivity contribution in [1.82, 2.24) is 0 Å². The molecule has 0 aromatic carbocycles. The molecule has 3 saturated carbocycles. The van der Waals surface area contributed by atoms with Crippen LogP contribution in [0.25, 0.3) is 0 Å². The Morgan fingerprint density at radius 1 is 0.208 bits per heavy atom. The molecule has 21 rings (SSSR count). The van der Waals surface area contributed by atoms with Gasteiger partial charge in [0.15, 0.2) is 25.2 Å². The summed E-state index contributed by atoms with van der Waals surface area (Å²) in [6.07, 6.45) is 8.39. The van der Waals surface area contributed by atoms with Gasteiger partial charge in [-0.3, -0.25) is 0 Å². The summed E-state index contributed by atoms with van der Waals surface area (Å²) in [6.45, 7) is 49.2. The summed E-state index contributed by atoms with van der Waals surface area (Å²) >= 11 is 0. The third-order valence-corrected chi connectivity index (χ3v) is 24.0. The zero-order chi connectivity index (χ0) is 56.1. The fourth-order valence-electron chi connectivity index (χ4n) is 16.6. The van der Waals surface area contributed by atoms with E-state index in [1.165, 1.54) is 0 Å². The van der Waals surface area contributed by atoms with Crippen LogP contribution in [0, 0.1) is 101 Å². The van der Waals surface area contributed by atoms with Crippen LogP contribution in [-0.2, 0) is 52.1 Å². The van der Waals surface area contributed by atoms with Crippen molar-refractivity contribution in [3.8, 4) is 0 Å². The average molecular weight is 1090 g/mol. The standard InChI is InChI=1S/C66H118O11/c1-22-46-29-53-32(8)35(11)56(46)74-63-43(19)39(15)60(50(26-5)71-63)68-54-31-48(24-3)58(37(13)34(54)10)76-65-45(21)41(17)62(52(28-7)73-65)77-66-44(20)40(16)61(51(27-6)72-66)69-55-30-47(23-2)57(36(12)33(55)9)75-64-42(18)38(14)59(67-53)49(25-4)70-64/h32-66H,22-31H2,1-21H3/t32-,33-,34-,35-,36-,37-,38-,39-,40-,41-,42-,43-,44-,45-,46+,47+,48+,49-,50-,51-,52-,53?,54?,55?,56?,57?,58?,59+,60+,61+,62+,63?,64?,65?,66?/m1/s1. The van der Waals surface area contributed by atoms with Gasteiger partial charge in [0.2, 0.25) is 0 Å². The van der Waals surface area contributed by atoms with E-state index in [0.717, 1.165) is 64.2 Å². The first-order chi connectivity index (χ1) is 36.7. The summed E-state index contributed by atoms with van der Waals surface area (Å²) in [5.41, 5.74) is 0. The van der Waals surface area contributed by atoms with Crippen LogP contribution < -0.4 is 0 Å². The van der Waals surface area contributed by atoms with E-state index in [2.05, 4.69) is 145 Å². The van der Waals surface area contributed by atoms with Crippen LogP contribution >= 0.6 is 0 Å². The molecule has 18 heterocycles.